The van der Waals surface area contributed by atoms with Crippen molar-refractivity contribution in [3.63, 3.8) is 0 Å². The Morgan fingerprint density at radius 3 is 2.85 bits per heavy atom. The number of amides is 1. The Labute approximate surface area is 150 Å². The zero-order valence-corrected chi connectivity index (χ0v) is 14.7. The van der Waals surface area contributed by atoms with Crippen molar-refractivity contribution in [1.29, 1.82) is 0 Å². The minimum absolute atomic E-state index is 0.206. The van der Waals surface area contributed by atoms with Gasteiger partial charge in [-0.15, -0.1) is 0 Å². The second kappa shape index (κ2) is 7.88. The average molecular weight is 355 g/mol. The van der Waals surface area contributed by atoms with Gasteiger partial charge in [-0.05, 0) is 35.9 Å². The average Bonchev–Trinajstić information content (AvgIpc) is 2.94. The van der Waals surface area contributed by atoms with Gasteiger partial charge in [0.05, 0.1) is 17.6 Å². The van der Waals surface area contributed by atoms with Crippen molar-refractivity contribution < 1.29 is 14.3 Å². The Morgan fingerprint density at radius 1 is 1.19 bits per heavy atom. The molecule has 26 heavy (non-hydrogen) atoms. The molecule has 0 saturated carbocycles. The van der Waals surface area contributed by atoms with E-state index in [2.05, 4.69) is 10.3 Å². The van der Waals surface area contributed by atoms with E-state index in [4.69, 9.17) is 9.47 Å². The van der Waals surface area contributed by atoms with Crippen molar-refractivity contribution in [2.24, 2.45) is 7.05 Å². The maximum atomic E-state index is 12.4. The number of ether oxygens (including phenoxy) is 2. The Bertz CT molecular complexity index is 974. The molecule has 1 amide bonds. The van der Waals surface area contributed by atoms with Gasteiger partial charge in [0.15, 0.2) is 0 Å². The highest BCUT2D eigenvalue weighted by Gasteiger charge is 2.09. The SMILES string of the molecule is COCCOc1cccc(CNC(=O)c2ccc3c(c2)[nH]c(=O)n3C)c1. The highest BCUT2D eigenvalue weighted by Crippen LogP contribution is 2.14. The van der Waals surface area contributed by atoms with E-state index < -0.39 is 0 Å². The molecule has 2 aromatic carbocycles. The molecule has 0 saturated heterocycles. The number of fused-ring (bicyclic) bond motifs is 1. The van der Waals surface area contributed by atoms with E-state index in [1.807, 2.05) is 24.3 Å². The van der Waals surface area contributed by atoms with Crippen LogP contribution in [0.2, 0.25) is 0 Å². The summed E-state index contributed by atoms with van der Waals surface area (Å²) >= 11 is 0. The van der Waals surface area contributed by atoms with Gasteiger partial charge in [0.25, 0.3) is 5.91 Å². The summed E-state index contributed by atoms with van der Waals surface area (Å²) in [6, 6.07) is 12.7. The number of hydrogen-bond donors (Lipinski definition) is 2. The van der Waals surface area contributed by atoms with Crippen LogP contribution in [0.4, 0.5) is 0 Å². The number of nitrogens with one attached hydrogen (secondary N) is 2. The van der Waals surface area contributed by atoms with E-state index in [1.54, 1.807) is 32.4 Å². The summed E-state index contributed by atoms with van der Waals surface area (Å²) in [6.07, 6.45) is 0. The van der Waals surface area contributed by atoms with Crippen molar-refractivity contribution in [3.05, 3.63) is 64.1 Å². The Balaban J connectivity index is 1.65. The summed E-state index contributed by atoms with van der Waals surface area (Å²) in [4.78, 5) is 26.8. The first-order valence-corrected chi connectivity index (χ1v) is 8.26. The third kappa shape index (κ3) is 3.94. The fourth-order valence-electron chi connectivity index (χ4n) is 2.65. The van der Waals surface area contributed by atoms with Crippen molar-refractivity contribution in [2.45, 2.75) is 6.54 Å². The van der Waals surface area contributed by atoms with E-state index in [9.17, 15) is 9.59 Å². The molecule has 0 aliphatic heterocycles. The van der Waals surface area contributed by atoms with Gasteiger partial charge in [-0.3, -0.25) is 9.36 Å². The number of H-pyrrole nitrogens is 1. The molecular weight excluding hydrogens is 334 g/mol. The fourth-order valence-corrected chi connectivity index (χ4v) is 2.65. The second-order valence-electron chi connectivity index (χ2n) is 5.89. The first-order valence-electron chi connectivity index (χ1n) is 8.26. The van der Waals surface area contributed by atoms with Crippen LogP contribution in [0.3, 0.4) is 0 Å². The van der Waals surface area contributed by atoms with Crippen LogP contribution in [0.5, 0.6) is 5.75 Å². The lowest BCUT2D eigenvalue weighted by Gasteiger charge is -2.09. The molecular formula is C19H21N3O4. The number of imidazole rings is 1. The summed E-state index contributed by atoms with van der Waals surface area (Å²) in [7, 11) is 3.31. The largest absolute Gasteiger partial charge is 0.491 e. The number of benzene rings is 2. The number of hydrogen-bond acceptors (Lipinski definition) is 4. The predicted molar refractivity (Wildman–Crippen MR) is 98.5 cm³/mol. The van der Waals surface area contributed by atoms with Crippen LogP contribution in [0.1, 0.15) is 15.9 Å². The minimum Gasteiger partial charge on any atom is -0.491 e. The lowest BCUT2D eigenvalue weighted by Crippen LogP contribution is -2.22. The van der Waals surface area contributed by atoms with Crippen LogP contribution in [-0.4, -0.2) is 35.8 Å². The number of nitrogens with zero attached hydrogens (tertiary/aromatic N) is 1. The predicted octanol–water partition coefficient (Wildman–Crippen LogP) is 1.82. The van der Waals surface area contributed by atoms with E-state index in [0.717, 1.165) is 16.8 Å². The van der Waals surface area contributed by atoms with Crippen LogP contribution in [0.25, 0.3) is 11.0 Å². The molecule has 0 aliphatic carbocycles. The third-order valence-corrected chi connectivity index (χ3v) is 4.07. The summed E-state index contributed by atoms with van der Waals surface area (Å²) in [5.74, 6) is 0.527. The number of rotatable bonds is 7. The van der Waals surface area contributed by atoms with Gasteiger partial charge in [-0.1, -0.05) is 12.1 Å². The Kier molecular flexibility index (Phi) is 5.38. The topological polar surface area (TPSA) is 85.3 Å². The molecule has 0 atom stereocenters. The summed E-state index contributed by atoms with van der Waals surface area (Å²) < 4.78 is 12.0. The molecule has 2 N–H and O–H groups in total. The third-order valence-electron chi connectivity index (χ3n) is 4.07. The quantitative estimate of drug-likeness (QED) is 0.633. The molecule has 0 radical (unpaired) electrons. The molecule has 0 unspecified atom stereocenters. The zero-order valence-electron chi connectivity index (χ0n) is 14.7. The summed E-state index contributed by atoms with van der Waals surface area (Å²) in [5, 5.41) is 2.88. The van der Waals surface area contributed by atoms with Gasteiger partial charge in [0.2, 0.25) is 0 Å². The zero-order chi connectivity index (χ0) is 18.5. The van der Waals surface area contributed by atoms with E-state index >= 15 is 0 Å². The number of carbonyl (C=O) groups excluding carboxylic acids is 1. The molecule has 7 heteroatoms. The van der Waals surface area contributed by atoms with Crippen LogP contribution in [-0.2, 0) is 18.3 Å². The van der Waals surface area contributed by atoms with Crippen molar-refractivity contribution in [3.8, 4) is 5.75 Å². The first-order chi connectivity index (χ1) is 12.6. The molecule has 3 aromatic rings. The maximum Gasteiger partial charge on any atom is 0.326 e. The highest BCUT2D eigenvalue weighted by atomic mass is 16.5. The van der Waals surface area contributed by atoms with Crippen LogP contribution in [0.15, 0.2) is 47.3 Å². The molecule has 0 fully saturated rings. The van der Waals surface area contributed by atoms with Crippen molar-refractivity contribution in [2.75, 3.05) is 20.3 Å². The molecule has 0 spiro atoms. The van der Waals surface area contributed by atoms with Gasteiger partial charge in [0.1, 0.15) is 12.4 Å². The van der Waals surface area contributed by atoms with E-state index in [0.29, 0.717) is 30.8 Å². The highest BCUT2D eigenvalue weighted by molar-refractivity contribution is 5.97. The molecule has 7 nitrogen and oxygen atoms in total. The van der Waals surface area contributed by atoms with Gasteiger partial charge in [-0.2, -0.15) is 0 Å². The minimum atomic E-state index is -0.206. The van der Waals surface area contributed by atoms with Gasteiger partial charge >= 0.3 is 5.69 Å². The van der Waals surface area contributed by atoms with Crippen molar-refractivity contribution in [1.82, 2.24) is 14.9 Å². The Morgan fingerprint density at radius 2 is 2.04 bits per heavy atom. The summed E-state index contributed by atoms with van der Waals surface area (Å²) in [6.45, 7) is 1.37. The number of methoxy groups -OCH3 is 1. The number of aryl methyl sites for hydroxylation is 1. The van der Waals surface area contributed by atoms with Gasteiger partial charge in [-0.25, -0.2) is 4.79 Å². The molecule has 0 bridgehead atoms. The molecule has 1 aromatic heterocycles. The maximum absolute atomic E-state index is 12.4. The summed E-state index contributed by atoms with van der Waals surface area (Å²) in [5.41, 5.74) is 2.61. The monoisotopic (exact) mass is 355 g/mol. The smallest absolute Gasteiger partial charge is 0.326 e. The Hall–Kier alpha value is -3.06. The lowest BCUT2D eigenvalue weighted by atomic mass is 10.1. The first kappa shape index (κ1) is 17.8. The van der Waals surface area contributed by atoms with Crippen LogP contribution in [0, 0.1) is 0 Å². The number of aromatic nitrogens is 2. The van der Waals surface area contributed by atoms with Crippen molar-refractivity contribution >= 4 is 16.9 Å². The number of aromatic amines is 1. The molecule has 136 valence electrons. The fraction of sp³-hybridized carbons (Fsp3) is 0.263. The second-order valence-corrected chi connectivity index (χ2v) is 5.89. The normalized spacial score (nSPS) is 10.8. The number of carbonyl (C=O) groups is 1. The van der Waals surface area contributed by atoms with Crippen LogP contribution < -0.4 is 15.7 Å². The van der Waals surface area contributed by atoms with Crippen LogP contribution >= 0.6 is 0 Å². The van der Waals surface area contributed by atoms with Gasteiger partial charge in [0, 0.05) is 26.3 Å². The molecule has 1 heterocycles. The lowest BCUT2D eigenvalue weighted by molar-refractivity contribution is 0.0951. The molecule has 0 aliphatic rings. The van der Waals surface area contributed by atoms with E-state index in [-0.39, 0.29) is 11.6 Å². The van der Waals surface area contributed by atoms with Gasteiger partial charge < -0.3 is 19.8 Å². The standard InChI is InChI=1S/C19H21N3O4/c1-22-17-7-6-14(11-16(17)21-19(22)24)18(23)20-12-13-4-3-5-15(10-13)26-9-8-25-2/h3-7,10-11H,8-9,12H2,1-2H3,(H,20,23)(H,21,24). The van der Waals surface area contributed by atoms with E-state index in [1.165, 1.54) is 4.57 Å². The molecule has 3 rings (SSSR count).